The van der Waals surface area contributed by atoms with E-state index >= 15 is 0 Å². The van der Waals surface area contributed by atoms with Crippen LogP contribution in [0, 0.1) is 0 Å². The van der Waals surface area contributed by atoms with E-state index in [0.29, 0.717) is 12.7 Å². The Morgan fingerprint density at radius 2 is 2.36 bits per heavy atom. The standard InChI is InChI=1S/C7H13N3O/c1-2-3-4-5-7(6-11)9-10-8/h6-7H,2-5H2,1H3/t7-/m0/s1. The molecule has 0 aromatic heterocycles. The summed E-state index contributed by atoms with van der Waals surface area (Å²) in [5.74, 6) is 0. The van der Waals surface area contributed by atoms with Crippen molar-refractivity contribution < 1.29 is 4.79 Å². The number of hydrogen-bond acceptors (Lipinski definition) is 2. The first-order valence-electron chi connectivity index (χ1n) is 3.84. The van der Waals surface area contributed by atoms with Gasteiger partial charge in [0.2, 0.25) is 0 Å². The van der Waals surface area contributed by atoms with Gasteiger partial charge in [-0.2, -0.15) is 0 Å². The Bertz CT molecular complexity index is 152. The maximum atomic E-state index is 10.2. The third kappa shape index (κ3) is 5.43. The van der Waals surface area contributed by atoms with E-state index in [1.165, 1.54) is 0 Å². The van der Waals surface area contributed by atoms with Gasteiger partial charge in [0.1, 0.15) is 6.29 Å². The second-order valence-corrected chi connectivity index (χ2v) is 2.40. The van der Waals surface area contributed by atoms with Gasteiger partial charge in [-0.15, -0.1) is 0 Å². The smallest absolute Gasteiger partial charge is 0.128 e. The van der Waals surface area contributed by atoms with E-state index in [0.717, 1.165) is 19.3 Å². The van der Waals surface area contributed by atoms with Gasteiger partial charge < -0.3 is 4.79 Å². The Balaban J connectivity index is 3.52. The summed E-state index contributed by atoms with van der Waals surface area (Å²) in [4.78, 5) is 12.8. The molecule has 0 radical (unpaired) electrons. The van der Waals surface area contributed by atoms with Gasteiger partial charge >= 0.3 is 0 Å². The monoisotopic (exact) mass is 155 g/mol. The summed E-state index contributed by atoms with van der Waals surface area (Å²) in [5.41, 5.74) is 8.02. The summed E-state index contributed by atoms with van der Waals surface area (Å²) in [6.45, 7) is 2.09. The molecule has 11 heavy (non-hydrogen) atoms. The van der Waals surface area contributed by atoms with Gasteiger partial charge in [0.25, 0.3) is 0 Å². The van der Waals surface area contributed by atoms with Crippen LogP contribution in [0.5, 0.6) is 0 Å². The van der Waals surface area contributed by atoms with E-state index in [4.69, 9.17) is 5.53 Å². The van der Waals surface area contributed by atoms with Gasteiger partial charge in [0.05, 0.1) is 6.04 Å². The average Bonchev–Trinajstić information content (AvgIpc) is 2.03. The average molecular weight is 155 g/mol. The fraction of sp³-hybridized carbons (Fsp3) is 0.857. The number of nitrogens with zero attached hydrogens (tertiary/aromatic N) is 3. The number of rotatable bonds is 6. The first-order chi connectivity index (χ1) is 5.35. The largest absolute Gasteiger partial charge is 0.303 e. The number of aldehydes is 1. The zero-order chi connectivity index (χ0) is 8.53. The van der Waals surface area contributed by atoms with Crippen LogP contribution in [0.15, 0.2) is 5.11 Å². The van der Waals surface area contributed by atoms with Crippen molar-refractivity contribution in [2.24, 2.45) is 5.11 Å². The lowest BCUT2D eigenvalue weighted by Crippen LogP contribution is -2.03. The third-order valence-corrected chi connectivity index (χ3v) is 1.46. The summed E-state index contributed by atoms with van der Waals surface area (Å²) >= 11 is 0. The lowest BCUT2D eigenvalue weighted by Gasteiger charge is -1.99. The quantitative estimate of drug-likeness (QED) is 0.191. The fourth-order valence-electron chi connectivity index (χ4n) is 0.823. The van der Waals surface area contributed by atoms with Crippen LogP contribution in [0.3, 0.4) is 0 Å². The number of hydrogen-bond donors (Lipinski definition) is 0. The molecule has 0 aliphatic rings. The molecular formula is C7H13N3O. The molecule has 0 bridgehead atoms. The topological polar surface area (TPSA) is 65.8 Å². The molecule has 0 unspecified atom stereocenters. The molecule has 1 atom stereocenters. The highest BCUT2D eigenvalue weighted by atomic mass is 16.1. The molecule has 0 aliphatic carbocycles. The Hall–Kier alpha value is -1.02. The SMILES string of the molecule is CCCCC[C@@H](C=O)N=[N+]=[N-]. The lowest BCUT2D eigenvalue weighted by atomic mass is 10.1. The van der Waals surface area contributed by atoms with Crippen molar-refractivity contribution in [3.63, 3.8) is 0 Å². The number of unbranched alkanes of at least 4 members (excludes halogenated alkanes) is 2. The Morgan fingerprint density at radius 1 is 1.64 bits per heavy atom. The van der Waals surface area contributed by atoms with E-state index in [2.05, 4.69) is 16.9 Å². The Kier molecular flexibility index (Phi) is 6.43. The van der Waals surface area contributed by atoms with Crippen LogP contribution in [-0.2, 0) is 4.79 Å². The van der Waals surface area contributed by atoms with Crippen molar-refractivity contribution >= 4 is 6.29 Å². The van der Waals surface area contributed by atoms with Crippen molar-refractivity contribution in [2.45, 2.75) is 38.6 Å². The summed E-state index contributed by atoms with van der Waals surface area (Å²) in [7, 11) is 0. The molecule has 4 nitrogen and oxygen atoms in total. The van der Waals surface area contributed by atoms with Gasteiger partial charge in [-0.3, -0.25) is 0 Å². The minimum absolute atomic E-state index is 0.452. The van der Waals surface area contributed by atoms with Crippen molar-refractivity contribution in [3.8, 4) is 0 Å². The molecule has 0 spiro atoms. The molecule has 0 heterocycles. The first kappa shape index (κ1) is 9.98. The van der Waals surface area contributed by atoms with Gasteiger partial charge in [0, 0.05) is 4.91 Å². The molecule has 62 valence electrons. The number of carbonyl (C=O) groups is 1. The summed E-state index contributed by atoms with van der Waals surface area (Å²) in [5, 5.41) is 3.33. The van der Waals surface area contributed by atoms with E-state index in [9.17, 15) is 4.79 Å². The summed E-state index contributed by atoms with van der Waals surface area (Å²) in [6.07, 6.45) is 4.54. The molecule has 0 fully saturated rings. The molecule has 4 heteroatoms. The van der Waals surface area contributed by atoms with Crippen LogP contribution < -0.4 is 0 Å². The van der Waals surface area contributed by atoms with Gasteiger partial charge in [-0.25, -0.2) is 0 Å². The number of azide groups is 1. The van der Waals surface area contributed by atoms with E-state index in [1.54, 1.807) is 0 Å². The predicted molar refractivity (Wildman–Crippen MR) is 43.1 cm³/mol. The molecule has 0 saturated carbocycles. The highest BCUT2D eigenvalue weighted by Gasteiger charge is 2.01. The molecule has 0 N–H and O–H groups in total. The zero-order valence-corrected chi connectivity index (χ0v) is 6.73. The molecule has 0 saturated heterocycles. The molecular weight excluding hydrogens is 142 g/mol. The van der Waals surface area contributed by atoms with Crippen molar-refractivity contribution in [2.75, 3.05) is 0 Å². The van der Waals surface area contributed by atoms with Crippen molar-refractivity contribution in [3.05, 3.63) is 10.4 Å². The second-order valence-electron chi connectivity index (χ2n) is 2.40. The highest BCUT2D eigenvalue weighted by molar-refractivity contribution is 5.57. The van der Waals surface area contributed by atoms with Crippen LogP contribution in [0.2, 0.25) is 0 Å². The number of carbonyl (C=O) groups excluding carboxylic acids is 1. The molecule has 0 aliphatic heterocycles. The third-order valence-electron chi connectivity index (χ3n) is 1.46. The first-order valence-corrected chi connectivity index (χ1v) is 3.84. The van der Waals surface area contributed by atoms with Gasteiger partial charge in [-0.05, 0) is 12.0 Å². The zero-order valence-electron chi connectivity index (χ0n) is 6.73. The second kappa shape index (κ2) is 7.09. The summed E-state index contributed by atoms with van der Waals surface area (Å²) < 4.78 is 0. The van der Waals surface area contributed by atoms with Crippen LogP contribution in [0.4, 0.5) is 0 Å². The molecule has 0 aromatic carbocycles. The van der Waals surface area contributed by atoms with E-state index < -0.39 is 6.04 Å². The van der Waals surface area contributed by atoms with E-state index in [1.807, 2.05) is 0 Å². The van der Waals surface area contributed by atoms with Crippen molar-refractivity contribution in [1.29, 1.82) is 0 Å². The van der Waals surface area contributed by atoms with Crippen LogP contribution >= 0.6 is 0 Å². The maximum absolute atomic E-state index is 10.2. The molecule has 0 rings (SSSR count). The minimum Gasteiger partial charge on any atom is -0.303 e. The Labute approximate surface area is 66.2 Å². The Morgan fingerprint density at radius 3 is 2.82 bits per heavy atom. The highest BCUT2D eigenvalue weighted by Crippen LogP contribution is 2.04. The summed E-state index contributed by atoms with van der Waals surface area (Å²) in [6, 6.07) is -0.452. The van der Waals surface area contributed by atoms with Crippen LogP contribution in [0.1, 0.15) is 32.6 Å². The van der Waals surface area contributed by atoms with Crippen LogP contribution in [0.25, 0.3) is 10.4 Å². The van der Waals surface area contributed by atoms with E-state index in [-0.39, 0.29) is 0 Å². The van der Waals surface area contributed by atoms with Crippen molar-refractivity contribution in [1.82, 2.24) is 0 Å². The maximum Gasteiger partial charge on any atom is 0.128 e. The normalized spacial score (nSPS) is 11.7. The lowest BCUT2D eigenvalue weighted by molar-refractivity contribution is -0.109. The van der Waals surface area contributed by atoms with Gasteiger partial charge in [0.15, 0.2) is 0 Å². The predicted octanol–water partition coefficient (Wildman–Crippen LogP) is 2.44. The minimum atomic E-state index is -0.452. The molecule has 0 amide bonds. The fourth-order valence-corrected chi connectivity index (χ4v) is 0.823. The van der Waals surface area contributed by atoms with Crippen LogP contribution in [-0.4, -0.2) is 12.3 Å². The molecule has 0 aromatic rings. The van der Waals surface area contributed by atoms with Gasteiger partial charge in [-0.1, -0.05) is 31.3 Å².